The maximum Gasteiger partial charge on any atom is 0.420 e. The lowest BCUT2D eigenvalue weighted by Gasteiger charge is -2.36. The molecule has 11 heteroatoms. The molecule has 0 amide bonds. The quantitative estimate of drug-likeness (QED) is 0.636. The van der Waals surface area contributed by atoms with E-state index < -0.39 is 41.0 Å². The minimum absolute atomic E-state index is 0.173. The third kappa shape index (κ3) is 4.50. The first-order valence-corrected chi connectivity index (χ1v) is 10.0. The molecule has 0 aromatic heterocycles. The molecule has 3 rings (SSSR count). The molecule has 0 aliphatic carbocycles. The van der Waals surface area contributed by atoms with Gasteiger partial charge in [0.25, 0.3) is 0 Å². The van der Waals surface area contributed by atoms with E-state index in [1.807, 2.05) is 6.07 Å². The van der Waals surface area contributed by atoms with Crippen LogP contribution in [0.15, 0.2) is 71.2 Å². The Morgan fingerprint density at radius 3 is 2.17 bits per heavy atom. The number of nitriles is 1. The number of anilines is 1. The first-order valence-electron chi connectivity index (χ1n) is 10.0. The van der Waals surface area contributed by atoms with Gasteiger partial charge in [0.1, 0.15) is 17.3 Å². The van der Waals surface area contributed by atoms with Crippen molar-refractivity contribution in [2.24, 2.45) is 5.73 Å². The van der Waals surface area contributed by atoms with Crippen LogP contribution in [0.2, 0.25) is 0 Å². The molecule has 2 aromatic rings. The van der Waals surface area contributed by atoms with Crippen molar-refractivity contribution < 1.29 is 37.0 Å². The van der Waals surface area contributed by atoms with Gasteiger partial charge in [-0.05, 0) is 23.8 Å². The number of nitrogens with zero attached hydrogens (tertiary/aromatic N) is 2. The van der Waals surface area contributed by atoms with Crippen molar-refractivity contribution in [1.29, 1.82) is 5.26 Å². The Labute approximate surface area is 198 Å². The number of hydrogen-bond donors (Lipinski definition) is 1. The fraction of sp³-hybridized carbons (Fsp3) is 0.208. The van der Waals surface area contributed by atoms with Gasteiger partial charge in [-0.15, -0.1) is 0 Å². The lowest BCUT2D eigenvalue weighted by Crippen LogP contribution is -2.40. The van der Waals surface area contributed by atoms with E-state index in [1.165, 1.54) is 6.07 Å². The first kappa shape index (κ1) is 25.2. The van der Waals surface area contributed by atoms with E-state index in [2.05, 4.69) is 0 Å². The first-order chi connectivity index (χ1) is 16.6. The zero-order valence-corrected chi connectivity index (χ0v) is 18.8. The molecule has 0 saturated heterocycles. The highest BCUT2D eigenvalue weighted by Gasteiger charge is 2.44. The van der Waals surface area contributed by atoms with Crippen LogP contribution in [0.25, 0.3) is 0 Å². The average molecular weight is 487 g/mol. The summed E-state index contributed by atoms with van der Waals surface area (Å²) in [6.45, 7) is 0. The van der Waals surface area contributed by atoms with Gasteiger partial charge in [0.2, 0.25) is 0 Å². The number of halogens is 3. The van der Waals surface area contributed by atoms with Gasteiger partial charge in [-0.1, -0.05) is 30.3 Å². The van der Waals surface area contributed by atoms with Crippen molar-refractivity contribution in [3.63, 3.8) is 0 Å². The summed E-state index contributed by atoms with van der Waals surface area (Å²) in [6, 6.07) is 13.1. The monoisotopic (exact) mass is 487 g/mol. The number of alkyl halides is 3. The van der Waals surface area contributed by atoms with Crippen molar-refractivity contribution in [1.82, 2.24) is 0 Å². The van der Waals surface area contributed by atoms with Gasteiger partial charge in [0.15, 0.2) is 0 Å². The Balaban J connectivity index is 2.43. The highest BCUT2D eigenvalue weighted by Crippen LogP contribution is 2.45. The van der Waals surface area contributed by atoms with E-state index in [4.69, 9.17) is 19.9 Å². The molecule has 1 atom stereocenters. The summed E-state index contributed by atoms with van der Waals surface area (Å²) in [6.07, 6.45) is -4.82. The van der Waals surface area contributed by atoms with Crippen LogP contribution < -0.4 is 15.4 Å². The molecule has 0 saturated carbocycles. The standard InChI is InChI=1S/C24H20F3N3O5/c1-33-17-10-9-14(11-16(17)24(25,26)27)30-20(23(32)35-3)19(22(31)34-2)18(15(12-28)21(30)29)13-7-5-4-6-8-13/h4-11,18H,29H2,1-3H3. The number of nitrogens with two attached hydrogens (primary N) is 1. The number of esters is 2. The van der Waals surface area contributed by atoms with Crippen LogP contribution in [-0.2, 0) is 25.2 Å². The van der Waals surface area contributed by atoms with Crippen LogP contribution in [0, 0.1) is 11.3 Å². The molecule has 1 heterocycles. The maximum absolute atomic E-state index is 13.7. The molecule has 1 unspecified atom stereocenters. The van der Waals surface area contributed by atoms with Gasteiger partial charge in [-0.2, -0.15) is 18.4 Å². The average Bonchev–Trinajstić information content (AvgIpc) is 2.86. The van der Waals surface area contributed by atoms with Gasteiger partial charge in [-0.3, -0.25) is 4.90 Å². The summed E-state index contributed by atoms with van der Waals surface area (Å²) in [5.41, 5.74) is 4.33. The molecule has 1 aliphatic heterocycles. The highest BCUT2D eigenvalue weighted by atomic mass is 19.4. The summed E-state index contributed by atoms with van der Waals surface area (Å²) < 4.78 is 55.7. The number of allylic oxidation sites excluding steroid dienone is 1. The molecule has 0 radical (unpaired) electrons. The van der Waals surface area contributed by atoms with Crippen LogP contribution >= 0.6 is 0 Å². The van der Waals surface area contributed by atoms with E-state index >= 15 is 0 Å². The normalized spacial score (nSPS) is 16.0. The minimum atomic E-state index is -4.82. The van der Waals surface area contributed by atoms with Gasteiger partial charge in [0.05, 0.1) is 50.0 Å². The second-order valence-corrected chi connectivity index (χ2v) is 7.22. The smallest absolute Gasteiger partial charge is 0.420 e. The van der Waals surface area contributed by atoms with Crippen molar-refractivity contribution >= 4 is 17.6 Å². The molecular weight excluding hydrogens is 467 g/mol. The van der Waals surface area contributed by atoms with Crippen molar-refractivity contribution in [2.45, 2.75) is 12.1 Å². The fourth-order valence-electron chi connectivity index (χ4n) is 3.84. The molecule has 1 aliphatic rings. The van der Waals surface area contributed by atoms with E-state index in [0.29, 0.717) is 11.6 Å². The van der Waals surface area contributed by atoms with Gasteiger partial charge in [-0.25, -0.2) is 9.59 Å². The SMILES string of the molecule is COC(=O)C1=C(C(=O)OC)N(c2ccc(OC)c(C(F)(F)F)c2)C(N)=C(C#N)C1c1ccccc1. The molecule has 2 N–H and O–H groups in total. The predicted molar refractivity (Wildman–Crippen MR) is 118 cm³/mol. The highest BCUT2D eigenvalue weighted by molar-refractivity contribution is 6.06. The van der Waals surface area contributed by atoms with Crippen LogP contribution in [0.1, 0.15) is 17.0 Å². The summed E-state index contributed by atoms with van der Waals surface area (Å²) in [5, 5.41) is 9.97. The Kier molecular flexibility index (Phi) is 7.05. The van der Waals surface area contributed by atoms with E-state index in [-0.39, 0.29) is 22.7 Å². The van der Waals surface area contributed by atoms with E-state index in [1.54, 1.807) is 30.3 Å². The third-order valence-electron chi connectivity index (χ3n) is 5.36. The Morgan fingerprint density at radius 2 is 1.66 bits per heavy atom. The summed E-state index contributed by atoms with van der Waals surface area (Å²) in [7, 11) is 3.18. The molecule has 8 nitrogen and oxygen atoms in total. The predicted octanol–water partition coefficient (Wildman–Crippen LogP) is 3.61. The van der Waals surface area contributed by atoms with Gasteiger partial charge >= 0.3 is 18.1 Å². The molecule has 182 valence electrons. The second kappa shape index (κ2) is 9.80. The zero-order valence-electron chi connectivity index (χ0n) is 18.8. The van der Waals surface area contributed by atoms with Crippen LogP contribution in [-0.4, -0.2) is 33.3 Å². The molecule has 2 aromatic carbocycles. The maximum atomic E-state index is 13.7. The third-order valence-corrected chi connectivity index (χ3v) is 5.36. The largest absolute Gasteiger partial charge is 0.496 e. The summed E-state index contributed by atoms with van der Waals surface area (Å²) >= 11 is 0. The second-order valence-electron chi connectivity index (χ2n) is 7.22. The number of hydrogen-bond acceptors (Lipinski definition) is 8. The van der Waals surface area contributed by atoms with Crippen LogP contribution in [0.4, 0.5) is 18.9 Å². The number of carbonyl (C=O) groups excluding carboxylic acids is 2. The molecule has 0 fully saturated rings. The molecule has 0 bridgehead atoms. The lowest BCUT2D eigenvalue weighted by atomic mass is 9.81. The van der Waals surface area contributed by atoms with Crippen molar-refractivity contribution in [2.75, 3.05) is 26.2 Å². The number of rotatable bonds is 5. The van der Waals surface area contributed by atoms with Crippen molar-refractivity contribution in [3.05, 3.63) is 82.3 Å². The lowest BCUT2D eigenvalue weighted by molar-refractivity contribution is -0.139. The van der Waals surface area contributed by atoms with Gasteiger partial charge in [0, 0.05) is 5.69 Å². The fourth-order valence-corrected chi connectivity index (χ4v) is 3.84. The molecule has 35 heavy (non-hydrogen) atoms. The van der Waals surface area contributed by atoms with Gasteiger partial charge < -0.3 is 19.9 Å². The van der Waals surface area contributed by atoms with Crippen molar-refractivity contribution in [3.8, 4) is 11.8 Å². The van der Waals surface area contributed by atoms with Crippen LogP contribution in [0.3, 0.4) is 0 Å². The molecule has 0 spiro atoms. The summed E-state index contributed by atoms with van der Waals surface area (Å²) in [5.74, 6) is -4.03. The Hall–Kier alpha value is -4.46. The van der Waals surface area contributed by atoms with Crippen LogP contribution in [0.5, 0.6) is 5.75 Å². The number of benzene rings is 2. The Morgan fingerprint density at radius 1 is 1.03 bits per heavy atom. The summed E-state index contributed by atoms with van der Waals surface area (Å²) in [4.78, 5) is 26.8. The minimum Gasteiger partial charge on any atom is -0.496 e. The topological polar surface area (TPSA) is 115 Å². The van der Waals surface area contributed by atoms with E-state index in [0.717, 1.165) is 32.3 Å². The van der Waals surface area contributed by atoms with E-state index in [9.17, 15) is 28.0 Å². The number of methoxy groups -OCH3 is 3. The number of carbonyl (C=O) groups is 2. The molecular formula is C24H20F3N3O5. The Bertz CT molecular complexity index is 1260. The zero-order chi connectivity index (χ0) is 25.9. The number of ether oxygens (including phenoxy) is 3.